The van der Waals surface area contributed by atoms with Crippen molar-refractivity contribution in [1.82, 2.24) is 15.3 Å². The molecule has 0 fully saturated rings. The van der Waals surface area contributed by atoms with Crippen molar-refractivity contribution in [3.8, 4) is 0 Å². The van der Waals surface area contributed by atoms with E-state index < -0.39 is 0 Å². The van der Waals surface area contributed by atoms with Crippen LogP contribution in [-0.2, 0) is 6.42 Å². The average Bonchev–Trinajstić information content (AvgIpc) is 2.33. The maximum Gasteiger partial charge on any atom is 0.251 e. The molecule has 1 aromatic heterocycles. The molecule has 0 spiro atoms. The first kappa shape index (κ1) is 15.2. The van der Waals surface area contributed by atoms with E-state index in [-0.39, 0.29) is 5.56 Å². The standard InChI is InChI=1S/C13H23N3OS/c1-4-6-11-8-12(17)16-13(15-11)18-9-10(3)14-7-5-2/h8,10,14H,4-7,9H2,1-3H3,(H,15,16,17). The monoisotopic (exact) mass is 269 g/mol. The fraction of sp³-hybridized carbons (Fsp3) is 0.692. The largest absolute Gasteiger partial charge is 0.313 e. The predicted octanol–water partition coefficient (Wildman–Crippen LogP) is 2.20. The fourth-order valence-electron chi connectivity index (χ4n) is 1.59. The van der Waals surface area contributed by atoms with E-state index in [1.54, 1.807) is 17.8 Å². The zero-order valence-corrected chi connectivity index (χ0v) is 12.3. The third-order valence-electron chi connectivity index (χ3n) is 2.49. The van der Waals surface area contributed by atoms with E-state index >= 15 is 0 Å². The van der Waals surface area contributed by atoms with Crippen LogP contribution in [0, 0.1) is 0 Å². The average molecular weight is 269 g/mol. The van der Waals surface area contributed by atoms with E-state index in [1.807, 2.05) is 0 Å². The number of rotatable bonds is 8. The van der Waals surface area contributed by atoms with Gasteiger partial charge < -0.3 is 10.3 Å². The number of aromatic nitrogens is 2. The second-order valence-electron chi connectivity index (χ2n) is 4.46. The molecule has 0 bridgehead atoms. The number of hydrogen-bond acceptors (Lipinski definition) is 4. The van der Waals surface area contributed by atoms with Crippen LogP contribution in [0.15, 0.2) is 16.0 Å². The molecule has 0 radical (unpaired) electrons. The fourth-order valence-corrected chi connectivity index (χ4v) is 2.47. The van der Waals surface area contributed by atoms with E-state index in [0.29, 0.717) is 6.04 Å². The number of H-pyrrole nitrogens is 1. The zero-order chi connectivity index (χ0) is 13.4. The highest BCUT2D eigenvalue weighted by Crippen LogP contribution is 2.13. The highest BCUT2D eigenvalue weighted by molar-refractivity contribution is 7.99. The first-order valence-electron chi connectivity index (χ1n) is 6.62. The molecule has 4 nitrogen and oxygen atoms in total. The summed E-state index contributed by atoms with van der Waals surface area (Å²) in [5, 5.41) is 4.15. The molecule has 2 N–H and O–H groups in total. The smallest absolute Gasteiger partial charge is 0.251 e. The Morgan fingerprint density at radius 2 is 2.22 bits per heavy atom. The van der Waals surface area contributed by atoms with Gasteiger partial charge in [0.15, 0.2) is 5.16 Å². The highest BCUT2D eigenvalue weighted by Gasteiger charge is 2.05. The minimum Gasteiger partial charge on any atom is -0.313 e. The maximum absolute atomic E-state index is 11.5. The highest BCUT2D eigenvalue weighted by atomic mass is 32.2. The van der Waals surface area contributed by atoms with Crippen molar-refractivity contribution < 1.29 is 0 Å². The third kappa shape index (κ3) is 5.69. The van der Waals surface area contributed by atoms with Gasteiger partial charge in [-0.2, -0.15) is 0 Å². The molecule has 102 valence electrons. The Morgan fingerprint density at radius 3 is 2.89 bits per heavy atom. The van der Waals surface area contributed by atoms with Gasteiger partial charge in [0.05, 0.1) is 0 Å². The van der Waals surface area contributed by atoms with Gasteiger partial charge in [-0.3, -0.25) is 4.79 Å². The maximum atomic E-state index is 11.5. The van der Waals surface area contributed by atoms with Crippen LogP contribution in [0.25, 0.3) is 0 Å². The Hall–Kier alpha value is -0.810. The van der Waals surface area contributed by atoms with Crippen molar-refractivity contribution in [2.45, 2.75) is 51.2 Å². The molecule has 0 saturated carbocycles. The molecular formula is C13H23N3OS. The number of hydrogen-bond donors (Lipinski definition) is 2. The summed E-state index contributed by atoms with van der Waals surface area (Å²) in [4.78, 5) is 18.7. The normalized spacial score (nSPS) is 12.6. The Morgan fingerprint density at radius 1 is 1.44 bits per heavy atom. The van der Waals surface area contributed by atoms with Gasteiger partial charge in [0, 0.05) is 23.6 Å². The van der Waals surface area contributed by atoms with Crippen LogP contribution in [0.2, 0.25) is 0 Å². The molecule has 1 rings (SSSR count). The van der Waals surface area contributed by atoms with Gasteiger partial charge in [0.25, 0.3) is 5.56 Å². The van der Waals surface area contributed by atoms with Gasteiger partial charge in [0.2, 0.25) is 0 Å². The number of aromatic amines is 1. The van der Waals surface area contributed by atoms with Crippen molar-refractivity contribution in [2.24, 2.45) is 0 Å². The minimum absolute atomic E-state index is 0.0508. The summed E-state index contributed by atoms with van der Waals surface area (Å²) in [7, 11) is 0. The van der Waals surface area contributed by atoms with Gasteiger partial charge >= 0.3 is 0 Å². The van der Waals surface area contributed by atoms with Crippen molar-refractivity contribution in [2.75, 3.05) is 12.3 Å². The molecule has 1 heterocycles. The molecule has 0 aromatic carbocycles. The van der Waals surface area contributed by atoms with Crippen LogP contribution >= 0.6 is 11.8 Å². The number of nitrogens with zero attached hydrogens (tertiary/aromatic N) is 1. The van der Waals surface area contributed by atoms with E-state index in [4.69, 9.17) is 0 Å². The minimum atomic E-state index is -0.0508. The summed E-state index contributed by atoms with van der Waals surface area (Å²) >= 11 is 1.60. The van der Waals surface area contributed by atoms with Crippen molar-refractivity contribution >= 4 is 11.8 Å². The first-order valence-corrected chi connectivity index (χ1v) is 7.60. The van der Waals surface area contributed by atoms with Crippen LogP contribution < -0.4 is 10.9 Å². The quantitative estimate of drug-likeness (QED) is 0.561. The lowest BCUT2D eigenvalue weighted by atomic mass is 10.2. The summed E-state index contributed by atoms with van der Waals surface area (Å²) in [5.41, 5.74) is 0.836. The summed E-state index contributed by atoms with van der Waals surface area (Å²) < 4.78 is 0. The van der Waals surface area contributed by atoms with Crippen LogP contribution in [0.4, 0.5) is 0 Å². The number of thioether (sulfide) groups is 1. The van der Waals surface area contributed by atoms with E-state index in [0.717, 1.165) is 42.4 Å². The van der Waals surface area contributed by atoms with Crippen molar-refractivity contribution in [1.29, 1.82) is 0 Å². The van der Waals surface area contributed by atoms with Crippen molar-refractivity contribution in [3.05, 3.63) is 22.1 Å². The molecule has 1 aromatic rings. The molecule has 0 aliphatic rings. The summed E-state index contributed by atoms with van der Waals surface area (Å²) in [6, 6.07) is 2.02. The molecular weight excluding hydrogens is 246 g/mol. The second kappa shape index (κ2) is 8.32. The van der Waals surface area contributed by atoms with Crippen LogP contribution in [0.5, 0.6) is 0 Å². The topological polar surface area (TPSA) is 57.8 Å². The van der Waals surface area contributed by atoms with E-state index in [9.17, 15) is 4.79 Å². The lowest BCUT2D eigenvalue weighted by Gasteiger charge is -2.12. The Labute approximate surface area is 113 Å². The predicted molar refractivity (Wildman–Crippen MR) is 77.3 cm³/mol. The van der Waals surface area contributed by atoms with Crippen LogP contribution in [-0.4, -0.2) is 28.3 Å². The van der Waals surface area contributed by atoms with E-state index in [1.165, 1.54) is 0 Å². The van der Waals surface area contributed by atoms with E-state index in [2.05, 4.69) is 36.1 Å². The summed E-state index contributed by atoms with van der Waals surface area (Å²) in [6.45, 7) is 7.42. The Balaban J connectivity index is 2.53. The molecule has 0 amide bonds. The SMILES string of the molecule is CCCNC(C)CSc1nc(CCC)cc(=O)[nH]1. The van der Waals surface area contributed by atoms with Gasteiger partial charge in [-0.15, -0.1) is 0 Å². The number of aryl methyl sites for hydroxylation is 1. The molecule has 5 heteroatoms. The molecule has 18 heavy (non-hydrogen) atoms. The Bertz CT molecular complexity index is 405. The molecule has 1 atom stereocenters. The third-order valence-corrected chi connectivity index (χ3v) is 3.63. The molecule has 0 aliphatic carbocycles. The van der Waals surface area contributed by atoms with Crippen molar-refractivity contribution in [3.63, 3.8) is 0 Å². The summed E-state index contributed by atoms with van der Waals surface area (Å²) in [6.07, 6.45) is 3.01. The van der Waals surface area contributed by atoms with Gasteiger partial charge in [-0.25, -0.2) is 4.98 Å². The second-order valence-corrected chi connectivity index (χ2v) is 5.47. The molecule has 0 saturated heterocycles. The zero-order valence-electron chi connectivity index (χ0n) is 11.5. The van der Waals surface area contributed by atoms with Crippen LogP contribution in [0.3, 0.4) is 0 Å². The molecule has 1 unspecified atom stereocenters. The van der Waals surface area contributed by atoms with Gasteiger partial charge in [-0.05, 0) is 26.3 Å². The number of nitrogens with one attached hydrogen (secondary N) is 2. The lowest BCUT2D eigenvalue weighted by molar-refractivity contribution is 0.589. The first-order chi connectivity index (χ1) is 8.65. The lowest BCUT2D eigenvalue weighted by Crippen LogP contribution is -2.28. The van der Waals surface area contributed by atoms with Crippen LogP contribution in [0.1, 0.15) is 39.3 Å². The Kier molecular flexibility index (Phi) is 7.05. The van der Waals surface area contributed by atoms with Gasteiger partial charge in [-0.1, -0.05) is 32.0 Å². The summed E-state index contributed by atoms with van der Waals surface area (Å²) in [5.74, 6) is 0.915. The molecule has 0 aliphatic heterocycles. The van der Waals surface area contributed by atoms with Gasteiger partial charge in [0.1, 0.15) is 0 Å².